The molecular weight excluding hydrogens is 248 g/mol. The van der Waals surface area contributed by atoms with Gasteiger partial charge in [0.05, 0.1) is 5.25 Å². The zero-order valence-corrected chi connectivity index (χ0v) is 10.6. The molecule has 1 amide bonds. The molecule has 0 aliphatic heterocycles. The van der Waals surface area contributed by atoms with Gasteiger partial charge in [0, 0.05) is 29.7 Å². The van der Waals surface area contributed by atoms with E-state index in [0.717, 1.165) is 4.90 Å². The van der Waals surface area contributed by atoms with E-state index in [1.54, 1.807) is 30.9 Å². The van der Waals surface area contributed by atoms with Crippen LogP contribution in [0.15, 0.2) is 47.9 Å². The zero-order valence-electron chi connectivity index (χ0n) is 9.78. The van der Waals surface area contributed by atoms with Crippen LogP contribution < -0.4 is 5.32 Å². The number of anilines is 1. The Hall–Kier alpha value is -1.95. The molecule has 1 N–H and O–H groups in total. The Labute approximate surface area is 109 Å². The van der Waals surface area contributed by atoms with Gasteiger partial charge in [-0.1, -0.05) is 0 Å². The second-order valence-corrected chi connectivity index (χ2v) is 4.92. The Morgan fingerprint density at radius 1 is 1.22 bits per heavy atom. The van der Waals surface area contributed by atoms with Crippen molar-refractivity contribution in [1.82, 2.24) is 15.0 Å². The molecule has 0 fully saturated rings. The van der Waals surface area contributed by atoms with Gasteiger partial charge in [-0.2, -0.15) is 0 Å². The molecule has 2 heterocycles. The first-order valence-electron chi connectivity index (χ1n) is 5.40. The number of nitrogens with zero attached hydrogens (tertiary/aromatic N) is 3. The van der Waals surface area contributed by atoms with Crippen LogP contribution in [0.4, 0.5) is 5.95 Å². The second kappa shape index (κ2) is 6.11. The minimum absolute atomic E-state index is 0.122. The lowest BCUT2D eigenvalue weighted by atomic mass is 10.4. The largest absolute Gasteiger partial charge is 0.294 e. The normalized spacial score (nSPS) is 11.8. The minimum atomic E-state index is -0.226. The molecular formula is C12H12N4OS. The third-order valence-electron chi connectivity index (χ3n) is 2.13. The van der Waals surface area contributed by atoms with Crippen molar-refractivity contribution in [3.8, 4) is 0 Å². The molecule has 18 heavy (non-hydrogen) atoms. The van der Waals surface area contributed by atoms with Crippen molar-refractivity contribution in [2.45, 2.75) is 17.1 Å². The molecule has 0 aliphatic rings. The van der Waals surface area contributed by atoms with Gasteiger partial charge in [-0.05, 0) is 25.1 Å². The number of aromatic nitrogens is 3. The molecule has 0 saturated heterocycles. The molecule has 0 bridgehead atoms. The average Bonchev–Trinajstić information content (AvgIpc) is 2.41. The van der Waals surface area contributed by atoms with E-state index in [4.69, 9.17) is 0 Å². The summed E-state index contributed by atoms with van der Waals surface area (Å²) in [4.78, 5) is 24.7. The molecule has 0 saturated carbocycles. The quantitative estimate of drug-likeness (QED) is 0.851. The third-order valence-corrected chi connectivity index (χ3v) is 3.24. The molecule has 0 aromatic carbocycles. The van der Waals surface area contributed by atoms with Gasteiger partial charge in [0.1, 0.15) is 0 Å². The molecule has 0 radical (unpaired) electrons. The molecule has 2 aromatic heterocycles. The van der Waals surface area contributed by atoms with Crippen LogP contribution in [0.3, 0.4) is 0 Å². The summed E-state index contributed by atoms with van der Waals surface area (Å²) in [6.07, 6.45) is 6.58. The summed E-state index contributed by atoms with van der Waals surface area (Å²) in [6.45, 7) is 1.84. The Kier molecular flexibility index (Phi) is 4.25. The number of thioether (sulfide) groups is 1. The van der Waals surface area contributed by atoms with E-state index in [0.29, 0.717) is 5.95 Å². The summed E-state index contributed by atoms with van der Waals surface area (Å²) in [5.74, 6) is 0.202. The summed E-state index contributed by atoms with van der Waals surface area (Å²) < 4.78 is 0. The van der Waals surface area contributed by atoms with Crippen molar-refractivity contribution >= 4 is 23.6 Å². The van der Waals surface area contributed by atoms with E-state index in [-0.39, 0.29) is 11.2 Å². The fourth-order valence-electron chi connectivity index (χ4n) is 1.25. The van der Waals surface area contributed by atoms with Crippen LogP contribution in [-0.2, 0) is 4.79 Å². The molecule has 5 nitrogen and oxygen atoms in total. The summed E-state index contributed by atoms with van der Waals surface area (Å²) in [5.41, 5.74) is 0. The van der Waals surface area contributed by atoms with Gasteiger partial charge in [0.15, 0.2) is 0 Å². The van der Waals surface area contributed by atoms with Crippen LogP contribution >= 0.6 is 11.8 Å². The van der Waals surface area contributed by atoms with Crippen LogP contribution in [0.1, 0.15) is 6.92 Å². The van der Waals surface area contributed by atoms with Crippen LogP contribution in [0.5, 0.6) is 0 Å². The van der Waals surface area contributed by atoms with Crippen LogP contribution in [0.2, 0.25) is 0 Å². The van der Waals surface area contributed by atoms with Crippen LogP contribution in [0, 0.1) is 0 Å². The number of pyridine rings is 1. The van der Waals surface area contributed by atoms with Gasteiger partial charge in [-0.15, -0.1) is 11.8 Å². The van der Waals surface area contributed by atoms with Gasteiger partial charge >= 0.3 is 0 Å². The number of hydrogen-bond donors (Lipinski definition) is 1. The van der Waals surface area contributed by atoms with Gasteiger partial charge in [-0.3, -0.25) is 15.1 Å². The summed E-state index contributed by atoms with van der Waals surface area (Å²) in [7, 11) is 0. The molecule has 2 aromatic rings. The fraction of sp³-hybridized carbons (Fsp3) is 0.167. The molecule has 0 spiro atoms. The monoisotopic (exact) mass is 260 g/mol. The highest BCUT2D eigenvalue weighted by Crippen LogP contribution is 2.22. The van der Waals surface area contributed by atoms with E-state index in [1.165, 1.54) is 11.8 Å². The van der Waals surface area contributed by atoms with Crippen LogP contribution in [-0.4, -0.2) is 26.1 Å². The molecule has 1 atom stereocenters. The number of nitrogens with one attached hydrogen (secondary N) is 1. The Morgan fingerprint density at radius 3 is 2.56 bits per heavy atom. The van der Waals surface area contributed by atoms with Gasteiger partial charge in [0.25, 0.3) is 0 Å². The molecule has 6 heteroatoms. The first kappa shape index (κ1) is 12.5. The van der Waals surface area contributed by atoms with Gasteiger partial charge in [-0.25, -0.2) is 9.97 Å². The SMILES string of the molecule is CC(Sc1ccncc1)C(=O)Nc1ncccn1. The lowest BCUT2D eigenvalue weighted by molar-refractivity contribution is -0.115. The van der Waals surface area contributed by atoms with E-state index in [9.17, 15) is 4.79 Å². The lowest BCUT2D eigenvalue weighted by Crippen LogP contribution is -2.23. The lowest BCUT2D eigenvalue weighted by Gasteiger charge is -2.10. The fourth-order valence-corrected chi connectivity index (χ4v) is 2.10. The Morgan fingerprint density at radius 2 is 1.89 bits per heavy atom. The first-order valence-corrected chi connectivity index (χ1v) is 6.28. The van der Waals surface area contributed by atoms with Crippen LogP contribution in [0.25, 0.3) is 0 Å². The predicted octanol–water partition coefficient (Wildman–Crippen LogP) is 1.99. The van der Waals surface area contributed by atoms with E-state index >= 15 is 0 Å². The maximum atomic E-state index is 11.9. The summed E-state index contributed by atoms with van der Waals surface area (Å²) >= 11 is 1.46. The van der Waals surface area contributed by atoms with Gasteiger partial charge < -0.3 is 0 Å². The number of carbonyl (C=O) groups is 1. The van der Waals surface area contributed by atoms with Crippen molar-refractivity contribution in [3.05, 3.63) is 43.0 Å². The first-order chi connectivity index (χ1) is 8.75. The zero-order chi connectivity index (χ0) is 12.8. The summed E-state index contributed by atoms with van der Waals surface area (Å²) in [6, 6.07) is 5.44. The second-order valence-electron chi connectivity index (χ2n) is 3.50. The Balaban J connectivity index is 1.93. The van der Waals surface area contributed by atoms with Crippen molar-refractivity contribution in [1.29, 1.82) is 0 Å². The Bertz CT molecular complexity index is 506. The average molecular weight is 260 g/mol. The number of carbonyl (C=O) groups excluding carboxylic acids is 1. The van der Waals surface area contributed by atoms with Gasteiger partial charge in [0.2, 0.25) is 11.9 Å². The highest BCUT2D eigenvalue weighted by molar-refractivity contribution is 8.00. The van der Waals surface area contributed by atoms with Crippen molar-refractivity contribution < 1.29 is 4.79 Å². The smallest absolute Gasteiger partial charge is 0.239 e. The number of amides is 1. The number of rotatable bonds is 4. The highest BCUT2D eigenvalue weighted by atomic mass is 32.2. The maximum absolute atomic E-state index is 11.9. The molecule has 1 unspecified atom stereocenters. The third kappa shape index (κ3) is 3.53. The van der Waals surface area contributed by atoms with E-state index < -0.39 is 0 Å². The number of hydrogen-bond acceptors (Lipinski definition) is 5. The van der Waals surface area contributed by atoms with E-state index in [2.05, 4.69) is 20.3 Å². The predicted molar refractivity (Wildman–Crippen MR) is 70.2 cm³/mol. The van der Waals surface area contributed by atoms with Crippen molar-refractivity contribution in [2.75, 3.05) is 5.32 Å². The van der Waals surface area contributed by atoms with Crippen molar-refractivity contribution in [3.63, 3.8) is 0 Å². The minimum Gasteiger partial charge on any atom is -0.294 e. The molecule has 2 rings (SSSR count). The van der Waals surface area contributed by atoms with Crippen molar-refractivity contribution in [2.24, 2.45) is 0 Å². The topological polar surface area (TPSA) is 67.8 Å². The molecule has 0 aliphatic carbocycles. The standard InChI is InChI=1S/C12H12N4OS/c1-9(18-10-3-7-13-8-4-10)11(17)16-12-14-5-2-6-15-12/h2-9H,1H3,(H,14,15,16,17). The molecule has 92 valence electrons. The summed E-state index contributed by atoms with van der Waals surface area (Å²) in [5, 5.41) is 2.44. The van der Waals surface area contributed by atoms with E-state index in [1.807, 2.05) is 19.1 Å². The maximum Gasteiger partial charge on any atom is 0.239 e. The highest BCUT2D eigenvalue weighted by Gasteiger charge is 2.15.